The molecule has 0 atom stereocenters. The molecule has 0 unspecified atom stereocenters. The molecule has 5 heteroatoms. The van der Waals surface area contributed by atoms with E-state index in [0.29, 0.717) is 5.95 Å². The fraction of sp³-hybridized carbons (Fsp3) is 0.0462. The van der Waals surface area contributed by atoms with Crippen LogP contribution in [0.3, 0.4) is 0 Å². The standard InChI is InChI=1S/C65H45N5/c1-65(2)53-29-14-9-27-49(53)62-54(65)30-19-35-61(62)70(56-32-16-11-24-46(56)42-20-5-3-6-21-42)64-66-55-31-15-10-28-50(55)63(67-64)69-58-34-18-13-26-48(58)52-41-44(37-39-60(52)69)43-36-38-59-51(40-43)47-25-12-17-33-57(47)68(59)45-22-7-4-8-23-45/h3-41H,1-2H3. The van der Waals surface area contributed by atoms with Gasteiger partial charge in [0.15, 0.2) is 5.82 Å². The Morgan fingerprint density at radius 1 is 0.371 bits per heavy atom. The fourth-order valence-electron chi connectivity index (χ4n) is 11.5. The number of hydrogen-bond acceptors (Lipinski definition) is 3. The largest absolute Gasteiger partial charge is 0.309 e. The van der Waals surface area contributed by atoms with Crippen molar-refractivity contribution in [3.8, 4) is 44.9 Å². The summed E-state index contributed by atoms with van der Waals surface area (Å²) in [6.45, 7) is 4.68. The number of rotatable bonds is 7. The van der Waals surface area contributed by atoms with E-state index in [1.54, 1.807) is 0 Å². The molecule has 3 aromatic heterocycles. The number of benzene rings is 10. The van der Waals surface area contributed by atoms with Gasteiger partial charge in [-0.15, -0.1) is 0 Å². The summed E-state index contributed by atoms with van der Waals surface area (Å²) in [5.41, 5.74) is 18.0. The molecule has 10 aromatic carbocycles. The molecule has 0 aliphatic heterocycles. The van der Waals surface area contributed by atoms with E-state index >= 15 is 0 Å². The predicted octanol–water partition coefficient (Wildman–Crippen LogP) is 16.9. The quantitative estimate of drug-likeness (QED) is 0.160. The maximum absolute atomic E-state index is 5.80. The predicted molar refractivity (Wildman–Crippen MR) is 291 cm³/mol. The average Bonchev–Trinajstić information content (AvgIpc) is 4.01. The van der Waals surface area contributed by atoms with Gasteiger partial charge in [0.05, 0.1) is 39.0 Å². The molecular weight excluding hydrogens is 851 g/mol. The van der Waals surface area contributed by atoms with Gasteiger partial charge in [-0.2, -0.15) is 4.98 Å². The molecule has 0 fully saturated rings. The molecule has 14 rings (SSSR count). The van der Waals surface area contributed by atoms with E-state index in [9.17, 15) is 0 Å². The highest BCUT2D eigenvalue weighted by Gasteiger charge is 2.38. The summed E-state index contributed by atoms with van der Waals surface area (Å²) in [6, 6.07) is 85.4. The smallest absolute Gasteiger partial charge is 0.237 e. The van der Waals surface area contributed by atoms with E-state index in [1.807, 2.05) is 0 Å². The van der Waals surface area contributed by atoms with Crippen molar-refractivity contribution >= 4 is 71.8 Å². The van der Waals surface area contributed by atoms with Crippen LogP contribution in [0.25, 0.3) is 99.4 Å². The van der Waals surface area contributed by atoms with E-state index in [0.717, 1.165) is 72.3 Å². The Kier molecular flexibility index (Phi) is 8.86. The van der Waals surface area contributed by atoms with Crippen LogP contribution >= 0.6 is 0 Å². The minimum absolute atomic E-state index is 0.198. The lowest BCUT2D eigenvalue weighted by molar-refractivity contribution is 0.660. The van der Waals surface area contributed by atoms with Gasteiger partial charge < -0.3 is 4.57 Å². The normalized spacial score (nSPS) is 12.8. The summed E-state index contributed by atoms with van der Waals surface area (Å²) < 4.78 is 4.73. The zero-order valence-electron chi connectivity index (χ0n) is 38.8. The maximum Gasteiger partial charge on any atom is 0.237 e. The Morgan fingerprint density at radius 2 is 0.900 bits per heavy atom. The van der Waals surface area contributed by atoms with Gasteiger partial charge in [0.1, 0.15) is 0 Å². The highest BCUT2D eigenvalue weighted by Crippen LogP contribution is 2.55. The molecule has 0 N–H and O–H groups in total. The van der Waals surface area contributed by atoms with Crippen LogP contribution in [-0.2, 0) is 5.41 Å². The van der Waals surface area contributed by atoms with Crippen LogP contribution in [0.1, 0.15) is 25.0 Å². The lowest BCUT2D eigenvalue weighted by Gasteiger charge is -2.29. The molecule has 0 saturated heterocycles. The van der Waals surface area contributed by atoms with Crippen molar-refractivity contribution in [1.29, 1.82) is 0 Å². The van der Waals surface area contributed by atoms with Crippen LogP contribution < -0.4 is 4.90 Å². The van der Waals surface area contributed by atoms with Crippen molar-refractivity contribution in [3.63, 3.8) is 0 Å². The van der Waals surface area contributed by atoms with Gasteiger partial charge in [-0.25, -0.2) is 4.98 Å². The van der Waals surface area contributed by atoms with Crippen molar-refractivity contribution in [2.24, 2.45) is 0 Å². The molecule has 13 aromatic rings. The summed E-state index contributed by atoms with van der Waals surface area (Å²) in [4.78, 5) is 13.6. The van der Waals surface area contributed by atoms with Crippen LogP contribution in [0.5, 0.6) is 0 Å². The number of para-hydroxylation sites is 5. The van der Waals surface area contributed by atoms with Gasteiger partial charge in [-0.1, -0.05) is 178 Å². The molecule has 70 heavy (non-hydrogen) atoms. The molecule has 0 spiro atoms. The topological polar surface area (TPSA) is 38.9 Å². The molecule has 0 bridgehead atoms. The Labute approximate surface area is 405 Å². The molecule has 330 valence electrons. The molecule has 3 heterocycles. The number of anilines is 3. The Balaban J connectivity index is 1.00. The third-order valence-corrected chi connectivity index (χ3v) is 14.7. The summed E-state index contributed by atoms with van der Waals surface area (Å²) in [5.74, 6) is 1.42. The van der Waals surface area contributed by atoms with E-state index in [2.05, 4.69) is 264 Å². The zero-order valence-corrected chi connectivity index (χ0v) is 38.8. The average molecular weight is 896 g/mol. The highest BCUT2D eigenvalue weighted by molar-refractivity contribution is 6.13. The fourth-order valence-corrected chi connectivity index (χ4v) is 11.5. The van der Waals surface area contributed by atoms with Crippen molar-refractivity contribution in [3.05, 3.63) is 248 Å². The van der Waals surface area contributed by atoms with Crippen molar-refractivity contribution in [1.82, 2.24) is 19.1 Å². The maximum atomic E-state index is 5.80. The van der Waals surface area contributed by atoms with Crippen LogP contribution in [0.15, 0.2) is 237 Å². The third kappa shape index (κ3) is 5.98. The highest BCUT2D eigenvalue weighted by atomic mass is 15.3. The third-order valence-electron chi connectivity index (χ3n) is 14.7. The van der Waals surface area contributed by atoms with Gasteiger partial charge in [0.2, 0.25) is 5.95 Å². The minimum atomic E-state index is -0.198. The Bertz CT molecular complexity index is 4220. The zero-order chi connectivity index (χ0) is 46.5. The molecule has 0 amide bonds. The second kappa shape index (κ2) is 15.5. The lowest BCUT2D eigenvalue weighted by Crippen LogP contribution is -2.18. The van der Waals surface area contributed by atoms with E-state index in [1.165, 1.54) is 49.6 Å². The van der Waals surface area contributed by atoms with E-state index in [4.69, 9.17) is 9.97 Å². The summed E-state index contributed by atoms with van der Waals surface area (Å²) in [5, 5.41) is 5.76. The van der Waals surface area contributed by atoms with Gasteiger partial charge in [0.25, 0.3) is 0 Å². The molecule has 1 aliphatic rings. The molecular formula is C65H45N5. The first-order valence-corrected chi connectivity index (χ1v) is 24.1. The first kappa shape index (κ1) is 40.0. The molecule has 0 radical (unpaired) electrons. The summed E-state index contributed by atoms with van der Waals surface area (Å²) in [6.07, 6.45) is 0. The van der Waals surface area contributed by atoms with Gasteiger partial charge in [-0.3, -0.25) is 9.47 Å². The summed E-state index contributed by atoms with van der Waals surface area (Å²) >= 11 is 0. The van der Waals surface area contributed by atoms with Crippen LogP contribution in [-0.4, -0.2) is 19.1 Å². The van der Waals surface area contributed by atoms with E-state index < -0.39 is 0 Å². The van der Waals surface area contributed by atoms with Gasteiger partial charge in [0, 0.05) is 49.2 Å². The van der Waals surface area contributed by atoms with Crippen LogP contribution in [0.2, 0.25) is 0 Å². The number of aromatic nitrogens is 4. The molecule has 1 aliphatic carbocycles. The summed E-state index contributed by atoms with van der Waals surface area (Å²) in [7, 11) is 0. The molecule has 5 nitrogen and oxygen atoms in total. The van der Waals surface area contributed by atoms with Crippen molar-refractivity contribution in [2.75, 3.05) is 4.90 Å². The van der Waals surface area contributed by atoms with Crippen molar-refractivity contribution in [2.45, 2.75) is 19.3 Å². The second-order valence-electron chi connectivity index (χ2n) is 19.0. The van der Waals surface area contributed by atoms with E-state index in [-0.39, 0.29) is 5.41 Å². The second-order valence-corrected chi connectivity index (χ2v) is 19.0. The van der Waals surface area contributed by atoms with Gasteiger partial charge in [-0.05, 0) is 106 Å². The first-order chi connectivity index (χ1) is 34.5. The van der Waals surface area contributed by atoms with Crippen molar-refractivity contribution < 1.29 is 0 Å². The molecule has 0 saturated carbocycles. The minimum Gasteiger partial charge on any atom is -0.309 e. The Morgan fingerprint density at radius 3 is 1.63 bits per heavy atom. The number of hydrogen-bond donors (Lipinski definition) is 0. The number of fused-ring (bicyclic) bond motifs is 10. The van der Waals surface area contributed by atoms with Crippen LogP contribution in [0.4, 0.5) is 17.3 Å². The first-order valence-electron chi connectivity index (χ1n) is 24.1. The van der Waals surface area contributed by atoms with Gasteiger partial charge >= 0.3 is 0 Å². The SMILES string of the molecule is CC1(C)c2ccccc2-c2c(N(c3nc(-n4c5ccccc5c5cc(-c6ccc7c(c6)c6ccccc6n7-c6ccccc6)ccc54)c4ccccc4n3)c3ccccc3-c3ccccc3)cccc21. The monoisotopic (exact) mass is 895 g/mol. The Hall–Kier alpha value is -9.06. The number of nitrogens with zero attached hydrogens (tertiary/aromatic N) is 5. The van der Waals surface area contributed by atoms with Crippen LogP contribution in [0, 0.1) is 0 Å². The lowest BCUT2D eigenvalue weighted by atomic mass is 9.82.